The number of hydrogen-bond donors (Lipinski definition) is 1. The quantitative estimate of drug-likeness (QED) is 0.751. The van der Waals surface area contributed by atoms with Crippen molar-refractivity contribution >= 4 is 22.5 Å². The smallest absolute Gasteiger partial charge is 0.223 e. The molecule has 1 heterocycles. The van der Waals surface area contributed by atoms with Crippen LogP contribution >= 0.6 is 11.6 Å². The molecule has 2 aromatic carbocycles. The topological polar surface area (TPSA) is 55.2 Å². The SMILES string of the molecule is COc1ccc(C(C)(O)c2nc(Cl)nc3ccccc23)cc1. The van der Waals surface area contributed by atoms with E-state index in [0.717, 1.165) is 11.1 Å². The summed E-state index contributed by atoms with van der Waals surface area (Å²) in [6.45, 7) is 1.69. The third-order valence-electron chi connectivity index (χ3n) is 3.69. The molecule has 22 heavy (non-hydrogen) atoms. The van der Waals surface area contributed by atoms with Crippen LogP contribution in [0.4, 0.5) is 0 Å². The number of hydrogen-bond acceptors (Lipinski definition) is 4. The molecule has 0 amide bonds. The lowest BCUT2D eigenvalue weighted by molar-refractivity contribution is 0.0990. The van der Waals surface area contributed by atoms with Gasteiger partial charge in [0.05, 0.1) is 18.3 Å². The van der Waals surface area contributed by atoms with Crippen LogP contribution in [0.1, 0.15) is 18.2 Å². The van der Waals surface area contributed by atoms with E-state index in [0.29, 0.717) is 16.8 Å². The Morgan fingerprint density at radius 1 is 1.05 bits per heavy atom. The average Bonchev–Trinajstić information content (AvgIpc) is 2.54. The van der Waals surface area contributed by atoms with Crippen molar-refractivity contribution in [3.63, 3.8) is 0 Å². The van der Waals surface area contributed by atoms with Crippen molar-refractivity contribution in [1.29, 1.82) is 0 Å². The molecule has 1 N–H and O–H groups in total. The Labute approximate surface area is 133 Å². The van der Waals surface area contributed by atoms with Gasteiger partial charge < -0.3 is 9.84 Å². The van der Waals surface area contributed by atoms with E-state index in [9.17, 15) is 5.11 Å². The lowest BCUT2D eigenvalue weighted by atomic mass is 9.90. The summed E-state index contributed by atoms with van der Waals surface area (Å²) in [7, 11) is 1.60. The van der Waals surface area contributed by atoms with E-state index >= 15 is 0 Å². The first kappa shape index (κ1) is 14.8. The molecule has 0 radical (unpaired) electrons. The van der Waals surface area contributed by atoms with E-state index in [2.05, 4.69) is 9.97 Å². The summed E-state index contributed by atoms with van der Waals surface area (Å²) in [5, 5.41) is 11.9. The predicted octanol–water partition coefficient (Wildman–Crippen LogP) is 3.55. The largest absolute Gasteiger partial charge is 0.497 e. The molecule has 1 unspecified atom stereocenters. The molecule has 112 valence electrons. The standard InChI is InChI=1S/C17H15ClN2O2/c1-17(21,11-7-9-12(22-2)10-8-11)15-13-5-3-4-6-14(13)19-16(18)20-15/h3-10,21H,1-2H3. The lowest BCUT2D eigenvalue weighted by Gasteiger charge is -2.25. The summed E-state index contributed by atoms with van der Waals surface area (Å²) >= 11 is 6.01. The van der Waals surface area contributed by atoms with Crippen LogP contribution in [0.15, 0.2) is 48.5 Å². The Morgan fingerprint density at radius 2 is 1.73 bits per heavy atom. The van der Waals surface area contributed by atoms with Gasteiger partial charge in [0.15, 0.2) is 0 Å². The Morgan fingerprint density at radius 3 is 2.41 bits per heavy atom. The molecule has 0 spiro atoms. The second-order valence-electron chi connectivity index (χ2n) is 5.16. The van der Waals surface area contributed by atoms with Gasteiger partial charge >= 0.3 is 0 Å². The van der Waals surface area contributed by atoms with Crippen molar-refractivity contribution < 1.29 is 9.84 Å². The molecular formula is C17H15ClN2O2. The van der Waals surface area contributed by atoms with Gasteiger partial charge in [-0.25, -0.2) is 9.97 Å². The van der Waals surface area contributed by atoms with Crippen molar-refractivity contribution in [3.8, 4) is 5.75 Å². The van der Waals surface area contributed by atoms with Crippen LogP contribution in [-0.4, -0.2) is 22.2 Å². The molecule has 0 aliphatic rings. The van der Waals surface area contributed by atoms with Crippen LogP contribution in [0.3, 0.4) is 0 Å². The maximum Gasteiger partial charge on any atom is 0.223 e. The number of nitrogens with zero attached hydrogens (tertiary/aromatic N) is 2. The molecule has 4 nitrogen and oxygen atoms in total. The Kier molecular flexibility index (Phi) is 3.72. The molecule has 1 atom stereocenters. The first-order valence-electron chi connectivity index (χ1n) is 6.82. The summed E-state index contributed by atoms with van der Waals surface area (Å²) in [4.78, 5) is 8.46. The van der Waals surface area contributed by atoms with Gasteiger partial charge in [-0.15, -0.1) is 0 Å². The van der Waals surface area contributed by atoms with Crippen LogP contribution in [0, 0.1) is 0 Å². The van der Waals surface area contributed by atoms with Crippen molar-refractivity contribution in [2.45, 2.75) is 12.5 Å². The Balaban J connectivity index is 2.19. The highest BCUT2D eigenvalue weighted by atomic mass is 35.5. The minimum absolute atomic E-state index is 0.113. The first-order chi connectivity index (χ1) is 10.5. The summed E-state index contributed by atoms with van der Waals surface area (Å²) in [6.07, 6.45) is 0. The van der Waals surface area contributed by atoms with Crippen LogP contribution in [0.2, 0.25) is 5.28 Å². The fraction of sp³-hybridized carbons (Fsp3) is 0.176. The van der Waals surface area contributed by atoms with E-state index in [1.165, 1.54) is 0 Å². The highest BCUT2D eigenvalue weighted by Gasteiger charge is 2.30. The molecule has 0 aliphatic heterocycles. The van der Waals surface area contributed by atoms with Crippen molar-refractivity contribution in [1.82, 2.24) is 9.97 Å². The summed E-state index contributed by atoms with van der Waals surface area (Å²) in [6, 6.07) is 14.7. The van der Waals surface area contributed by atoms with E-state index < -0.39 is 5.60 Å². The van der Waals surface area contributed by atoms with Crippen LogP contribution in [-0.2, 0) is 5.60 Å². The van der Waals surface area contributed by atoms with Crippen molar-refractivity contribution in [2.75, 3.05) is 7.11 Å². The number of aromatic nitrogens is 2. The monoisotopic (exact) mass is 314 g/mol. The Hall–Kier alpha value is -2.17. The molecule has 0 saturated heterocycles. The number of halogens is 1. The van der Waals surface area contributed by atoms with Crippen LogP contribution in [0.5, 0.6) is 5.75 Å². The molecule has 3 rings (SSSR count). The number of benzene rings is 2. The average molecular weight is 315 g/mol. The number of rotatable bonds is 3. The number of aliphatic hydroxyl groups is 1. The second-order valence-corrected chi connectivity index (χ2v) is 5.50. The maximum absolute atomic E-state index is 11.1. The molecular weight excluding hydrogens is 300 g/mol. The van der Waals surface area contributed by atoms with E-state index in [1.54, 1.807) is 26.2 Å². The number of ether oxygens (including phenoxy) is 1. The van der Waals surface area contributed by atoms with Crippen LogP contribution < -0.4 is 4.74 Å². The van der Waals surface area contributed by atoms with Crippen LogP contribution in [0.25, 0.3) is 10.9 Å². The van der Waals surface area contributed by atoms with E-state index in [1.807, 2.05) is 36.4 Å². The molecule has 0 saturated carbocycles. The second kappa shape index (κ2) is 5.55. The number of para-hydroxylation sites is 1. The highest BCUT2D eigenvalue weighted by molar-refractivity contribution is 6.28. The minimum Gasteiger partial charge on any atom is -0.497 e. The molecule has 0 bridgehead atoms. The minimum atomic E-state index is -1.29. The number of methoxy groups -OCH3 is 1. The van der Waals surface area contributed by atoms with Gasteiger partial charge in [0.1, 0.15) is 11.4 Å². The summed E-state index contributed by atoms with van der Waals surface area (Å²) in [5.74, 6) is 0.727. The van der Waals surface area contributed by atoms with Crippen molar-refractivity contribution in [3.05, 3.63) is 65.1 Å². The van der Waals surface area contributed by atoms with Gasteiger partial charge in [-0.05, 0) is 42.3 Å². The normalized spacial score (nSPS) is 13.8. The fourth-order valence-electron chi connectivity index (χ4n) is 2.47. The van der Waals surface area contributed by atoms with E-state index in [4.69, 9.17) is 16.3 Å². The van der Waals surface area contributed by atoms with Gasteiger partial charge in [-0.1, -0.05) is 30.3 Å². The molecule has 1 aromatic heterocycles. The summed E-state index contributed by atoms with van der Waals surface area (Å²) < 4.78 is 5.15. The molecule has 0 fully saturated rings. The zero-order valence-corrected chi connectivity index (χ0v) is 13.0. The maximum atomic E-state index is 11.1. The third kappa shape index (κ3) is 2.51. The van der Waals surface area contributed by atoms with Gasteiger partial charge in [-0.3, -0.25) is 0 Å². The summed E-state index contributed by atoms with van der Waals surface area (Å²) in [5.41, 5.74) is 0.589. The molecule has 5 heteroatoms. The highest BCUT2D eigenvalue weighted by Crippen LogP contribution is 2.33. The third-order valence-corrected chi connectivity index (χ3v) is 3.86. The molecule has 3 aromatic rings. The zero-order valence-electron chi connectivity index (χ0n) is 12.2. The molecule has 0 aliphatic carbocycles. The van der Waals surface area contributed by atoms with Crippen molar-refractivity contribution in [2.24, 2.45) is 0 Å². The Bertz CT molecular complexity index is 817. The van der Waals surface area contributed by atoms with Gasteiger partial charge in [0.25, 0.3) is 0 Å². The first-order valence-corrected chi connectivity index (χ1v) is 7.20. The van der Waals surface area contributed by atoms with Gasteiger partial charge in [0, 0.05) is 5.39 Å². The zero-order chi connectivity index (χ0) is 15.7. The van der Waals surface area contributed by atoms with Gasteiger partial charge in [0.2, 0.25) is 5.28 Å². The fourth-order valence-corrected chi connectivity index (χ4v) is 2.65. The predicted molar refractivity (Wildman–Crippen MR) is 86.2 cm³/mol. The lowest BCUT2D eigenvalue weighted by Crippen LogP contribution is -2.25. The number of fused-ring (bicyclic) bond motifs is 1. The van der Waals surface area contributed by atoms with E-state index in [-0.39, 0.29) is 5.28 Å². The van der Waals surface area contributed by atoms with Gasteiger partial charge in [-0.2, -0.15) is 0 Å².